The van der Waals surface area contributed by atoms with E-state index < -0.39 is 0 Å². The summed E-state index contributed by atoms with van der Waals surface area (Å²) in [5, 5.41) is 0. The Bertz CT molecular complexity index is 282. The average Bonchev–Trinajstić information content (AvgIpc) is 2.46. The van der Waals surface area contributed by atoms with Crippen molar-refractivity contribution >= 4 is 5.91 Å². The van der Waals surface area contributed by atoms with E-state index in [1.807, 2.05) is 0 Å². The number of hydrogen-bond donors (Lipinski definition) is 0. The van der Waals surface area contributed by atoms with Gasteiger partial charge in [0.1, 0.15) is 0 Å². The van der Waals surface area contributed by atoms with E-state index >= 15 is 0 Å². The zero-order chi connectivity index (χ0) is 13.7. The van der Waals surface area contributed by atoms with Crippen LogP contribution in [0.3, 0.4) is 0 Å². The molecule has 0 saturated carbocycles. The maximum Gasteiger partial charge on any atom is 0.225 e. The van der Waals surface area contributed by atoms with Crippen LogP contribution in [0, 0.1) is 5.92 Å². The molecule has 0 unspecified atom stereocenters. The predicted octanol–water partition coefficient (Wildman–Crippen LogP) is 0.119. The number of nitrogens with zero attached hydrogens (tertiary/aromatic N) is 3. The van der Waals surface area contributed by atoms with Crippen molar-refractivity contribution < 1.29 is 9.53 Å². The quantitative estimate of drug-likeness (QED) is 0.726. The number of likely N-dealkylation sites (N-methyl/N-ethyl adjacent to an activating group) is 1. The zero-order valence-corrected chi connectivity index (χ0v) is 12.3. The molecule has 0 spiro atoms. The number of ether oxygens (including phenoxy) is 1. The third kappa shape index (κ3) is 4.44. The first-order valence-electron chi connectivity index (χ1n) is 7.40. The van der Waals surface area contributed by atoms with E-state index in [2.05, 4.69) is 28.8 Å². The molecule has 2 heterocycles. The molecule has 0 aromatic heterocycles. The van der Waals surface area contributed by atoms with Crippen molar-refractivity contribution in [2.24, 2.45) is 5.92 Å². The van der Waals surface area contributed by atoms with Crippen LogP contribution in [-0.2, 0) is 9.53 Å². The third-order valence-electron chi connectivity index (χ3n) is 4.12. The summed E-state index contributed by atoms with van der Waals surface area (Å²) in [5.41, 5.74) is 0. The van der Waals surface area contributed by atoms with E-state index in [1.165, 1.54) is 0 Å². The van der Waals surface area contributed by atoms with Gasteiger partial charge in [-0.05, 0) is 26.9 Å². The largest absolute Gasteiger partial charge is 0.381 e. The minimum Gasteiger partial charge on any atom is -0.381 e. The SMILES string of the molecule is CN(C)CCN1CCN(C(=O)C2CCOCC2)CC1. The molecule has 5 heteroatoms. The van der Waals surface area contributed by atoms with Gasteiger partial charge < -0.3 is 14.5 Å². The standard InChI is InChI=1S/C14H27N3O2/c1-15(2)5-6-16-7-9-17(10-8-16)14(18)13-3-11-19-12-4-13/h13H,3-12H2,1-2H3. The van der Waals surface area contributed by atoms with E-state index in [4.69, 9.17) is 4.74 Å². The van der Waals surface area contributed by atoms with Gasteiger partial charge in [0, 0.05) is 58.4 Å². The van der Waals surface area contributed by atoms with E-state index in [1.54, 1.807) is 0 Å². The van der Waals surface area contributed by atoms with Crippen molar-refractivity contribution in [2.45, 2.75) is 12.8 Å². The Morgan fingerprint density at radius 2 is 1.79 bits per heavy atom. The van der Waals surface area contributed by atoms with Gasteiger partial charge >= 0.3 is 0 Å². The number of carbonyl (C=O) groups is 1. The predicted molar refractivity (Wildman–Crippen MR) is 75.1 cm³/mol. The Kier molecular flexibility index (Phi) is 5.60. The van der Waals surface area contributed by atoms with Crippen molar-refractivity contribution in [1.29, 1.82) is 0 Å². The van der Waals surface area contributed by atoms with Crippen molar-refractivity contribution in [3.05, 3.63) is 0 Å². The summed E-state index contributed by atoms with van der Waals surface area (Å²) in [6.45, 7) is 7.51. The molecule has 0 bridgehead atoms. The molecule has 0 aromatic carbocycles. The first-order valence-corrected chi connectivity index (χ1v) is 7.40. The zero-order valence-electron chi connectivity index (χ0n) is 12.3. The van der Waals surface area contributed by atoms with Crippen LogP contribution in [-0.4, -0.2) is 87.2 Å². The van der Waals surface area contributed by atoms with Gasteiger partial charge in [-0.15, -0.1) is 0 Å². The minimum atomic E-state index is 0.210. The van der Waals surface area contributed by atoms with Gasteiger partial charge in [0.25, 0.3) is 0 Å². The van der Waals surface area contributed by atoms with Crippen molar-refractivity contribution in [1.82, 2.24) is 14.7 Å². The van der Waals surface area contributed by atoms with Gasteiger partial charge in [-0.25, -0.2) is 0 Å². The van der Waals surface area contributed by atoms with Crippen LogP contribution >= 0.6 is 0 Å². The highest BCUT2D eigenvalue weighted by Crippen LogP contribution is 2.18. The van der Waals surface area contributed by atoms with Crippen LogP contribution in [0.5, 0.6) is 0 Å². The fourth-order valence-corrected chi connectivity index (χ4v) is 2.74. The lowest BCUT2D eigenvalue weighted by molar-refractivity contribution is -0.140. The monoisotopic (exact) mass is 269 g/mol. The topological polar surface area (TPSA) is 36.0 Å². The number of amides is 1. The van der Waals surface area contributed by atoms with Crippen molar-refractivity contribution in [2.75, 3.05) is 66.6 Å². The highest BCUT2D eigenvalue weighted by Gasteiger charge is 2.28. The second-order valence-electron chi connectivity index (χ2n) is 5.86. The minimum absolute atomic E-state index is 0.210. The summed E-state index contributed by atoms with van der Waals surface area (Å²) in [4.78, 5) is 19.1. The molecule has 0 atom stereocenters. The van der Waals surface area contributed by atoms with Crippen molar-refractivity contribution in [3.63, 3.8) is 0 Å². The molecule has 2 aliphatic heterocycles. The summed E-state index contributed by atoms with van der Waals surface area (Å²) in [5.74, 6) is 0.567. The molecule has 2 rings (SSSR count). The fourth-order valence-electron chi connectivity index (χ4n) is 2.74. The molecular formula is C14H27N3O2. The van der Waals surface area contributed by atoms with Gasteiger partial charge in [-0.2, -0.15) is 0 Å². The van der Waals surface area contributed by atoms with E-state index in [0.717, 1.165) is 65.3 Å². The third-order valence-corrected chi connectivity index (χ3v) is 4.12. The van der Waals surface area contributed by atoms with Gasteiger partial charge in [0.05, 0.1) is 0 Å². The second-order valence-corrected chi connectivity index (χ2v) is 5.86. The number of hydrogen-bond acceptors (Lipinski definition) is 4. The Hall–Kier alpha value is -0.650. The maximum absolute atomic E-state index is 12.4. The smallest absolute Gasteiger partial charge is 0.225 e. The Morgan fingerprint density at radius 1 is 1.16 bits per heavy atom. The molecule has 0 N–H and O–H groups in total. The van der Waals surface area contributed by atoms with Gasteiger partial charge in [0.15, 0.2) is 0 Å². The van der Waals surface area contributed by atoms with Crippen LogP contribution in [0.1, 0.15) is 12.8 Å². The molecule has 2 saturated heterocycles. The molecule has 5 nitrogen and oxygen atoms in total. The van der Waals surface area contributed by atoms with Crippen LogP contribution in [0.2, 0.25) is 0 Å². The van der Waals surface area contributed by atoms with Crippen LogP contribution in [0.15, 0.2) is 0 Å². The summed E-state index contributed by atoms with van der Waals surface area (Å²) in [7, 11) is 4.20. The average molecular weight is 269 g/mol. The van der Waals surface area contributed by atoms with Crippen LogP contribution in [0.4, 0.5) is 0 Å². The molecule has 110 valence electrons. The summed E-state index contributed by atoms with van der Waals surface area (Å²) in [6, 6.07) is 0. The van der Waals surface area contributed by atoms with Crippen LogP contribution < -0.4 is 0 Å². The van der Waals surface area contributed by atoms with Gasteiger partial charge in [0.2, 0.25) is 5.91 Å². The molecule has 19 heavy (non-hydrogen) atoms. The maximum atomic E-state index is 12.4. The molecule has 0 aromatic rings. The first kappa shape index (κ1) is 14.8. The lowest BCUT2D eigenvalue weighted by Gasteiger charge is -2.37. The Balaban J connectivity index is 1.71. The molecule has 2 fully saturated rings. The normalized spacial score (nSPS) is 23.0. The van der Waals surface area contributed by atoms with Crippen molar-refractivity contribution in [3.8, 4) is 0 Å². The second kappa shape index (κ2) is 7.22. The summed E-state index contributed by atoms with van der Waals surface area (Å²) in [6.07, 6.45) is 1.80. The van der Waals surface area contributed by atoms with E-state index in [-0.39, 0.29) is 5.92 Å². The highest BCUT2D eigenvalue weighted by atomic mass is 16.5. The summed E-state index contributed by atoms with van der Waals surface area (Å²) >= 11 is 0. The molecule has 2 aliphatic rings. The molecule has 0 aliphatic carbocycles. The van der Waals surface area contributed by atoms with E-state index in [9.17, 15) is 4.79 Å². The molecule has 1 amide bonds. The Labute approximate surface area is 116 Å². The lowest BCUT2D eigenvalue weighted by Crippen LogP contribution is -2.51. The van der Waals surface area contributed by atoms with Gasteiger partial charge in [-0.1, -0.05) is 0 Å². The number of rotatable bonds is 4. The van der Waals surface area contributed by atoms with Crippen LogP contribution in [0.25, 0.3) is 0 Å². The van der Waals surface area contributed by atoms with E-state index in [0.29, 0.717) is 5.91 Å². The highest BCUT2D eigenvalue weighted by molar-refractivity contribution is 5.79. The molecular weight excluding hydrogens is 242 g/mol. The lowest BCUT2D eigenvalue weighted by atomic mass is 9.98. The first-order chi connectivity index (χ1) is 9.16. The number of carbonyl (C=O) groups excluding carboxylic acids is 1. The fraction of sp³-hybridized carbons (Fsp3) is 0.929. The number of piperazine rings is 1. The van der Waals surface area contributed by atoms with Gasteiger partial charge in [-0.3, -0.25) is 9.69 Å². The summed E-state index contributed by atoms with van der Waals surface area (Å²) < 4.78 is 5.32. The molecule has 0 radical (unpaired) electrons. The Morgan fingerprint density at radius 3 is 2.37 bits per heavy atom.